The van der Waals surface area contributed by atoms with Crippen molar-refractivity contribution >= 4 is 16.7 Å². The highest BCUT2D eigenvalue weighted by molar-refractivity contribution is 5.89. The molecule has 1 atom stereocenters. The van der Waals surface area contributed by atoms with Gasteiger partial charge >= 0.3 is 0 Å². The van der Waals surface area contributed by atoms with E-state index in [2.05, 4.69) is 5.10 Å². The molecule has 0 radical (unpaired) electrons. The molecule has 0 N–H and O–H groups in total. The van der Waals surface area contributed by atoms with E-state index in [0.29, 0.717) is 0 Å². The molecule has 3 rings (SSSR count). The highest BCUT2D eigenvalue weighted by Crippen LogP contribution is 2.25. The van der Waals surface area contributed by atoms with Crippen molar-refractivity contribution in [2.45, 2.75) is 12.8 Å². The summed E-state index contributed by atoms with van der Waals surface area (Å²) in [5.41, 5.74) is 0.980. The Morgan fingerprint density at radius 3 is 2.67 bits per heavy atom. The molecule has 0 aliphatic carbocycles. The van der Waals surface area contributed by atoms with Gasteiger partial charge in [0, 0.05) is 12.4 Å². The minimum atomic E-state index is -0.239. The predicted molar refractivity (Wildman–Crippen MR) is 81.8 cm³/mol. The Morgan fingerprint density at radius 2 is 1.95 bits per heavy atom. The molecule has 1 unspecified atom stereocenters. The SMILES string of the molecule is COc1ccc2cc(C(C)C(=O)n3cccn3)ccc2c1. The second-order valence-electron chi connectivity index (χ2n) is 4.98. The van der Waals surface area contributed by atoms with E-state index in [-0.39, 0.29) is 11.8 Å². The largest absolute Gasteiger partial charge is 0.497 e. The smallest absolute Gasteiger partial charge is 0.254 e. The summed E-state index contributed by atoms with van der Waals surface area (Å²) < 4.78 is 6.60. The van der Waals surface area contributed by atoms with Gasteiger partial charge in [0.05, 0.1) is 13.0 Å². The molecule has 4 heteroatoms. The standard InChI is InChI=1S/C17H16N2O2/c1-12(17(20)19-9-3-8-18-19)13-4-5-15-11-16(21-2)7-6-14(15)10-13/h3-12H,1-2H3. The van der Waals surface area contributed by atoms with Crippen molar-refractivity contribution in [3.8, 4) is 5.75 Å². The van der Waals surface area contributed by atoms with E-state index in [0.717, 1.165) is 22.1 Å². The fraction of sp³-hybridized carbons (Fsp3) is 0.176. The number of aromatic nitrogens is 2. The second-order valence-corrected chi connectivity index (χ2v) is 4.98. The van der Waals surface area contributed by atoms with Crippen LogP contribution in [0.25, 0.3) is 10.8 Å². The molecule has 0 saturated heterocycles. The van der Waals surface area contributed by atoms with Gasteiger partial charge in [0.15, 0.2) is 0 Å². The molecular weight excluding hydrogens is 264 g/mol. The molecule has 1 heterocycles. The maximum absolute atomic E-state index is 12.3. The molecule has 1 aromatic heterocycles. The summed E-state index contributed by atoms with van der Waals surface area (Å²) >= 11 is 0. The van der Waals surface area contributed by atoms with Crippen LogP contribution >= 0.6 is 0 Å². The number of rotatable bonds is 3. The molecule has 3 aromatic rings. The summed E-state index contributed by atoms with van der Waals surface area (Å²) in [7, 11) is 1.65. The number of carbonyl (C=O) groups is 1. The van der Waals surface area contributed by atoms with Crippen LogP contribution in [0.3, 0.4) is 0 Å². The topological polar surface area (TPSA) is 44.1 Å². The van der Waals surface area contributed by atoms with Crippen molar-refractivity contribution in [3.05, 3.63) is 60.4 Å². The summed E-state index contributed by atoms with van der Waals surface area (Å²) in [4.78, 5) is 12.3. The second kappa shape index (κ2) is 5.40. The number of benzene rings is 2. The maximum Gasteiger partial charge on any atom is 0.254 e. The lowest BCUT2D eigenvalue weighted by atomic mass is 9.97. The number of ether oxygens (including phenoxy) is 1. The highest BCUT2D eigenvalue weighted by atomic mass is 16.5. The lowest BCUT2D eigenvalue weighted by molar-refractivity contribution is 0.0868. The molecular formula is C17H16N2O2. The van der Waals surface area contributed by atoms with E-state index in [1.165, 1.54) is 4.68 Å². The van der Waals surface area contributed by atoms with E-state index in [1.54, 1.807) is 25.6 Å². The van der Waals surface area contributed by atoms with Crippen LogP contribution in [0.1, 0.15) is 23.2 Å². The first-order valence-corrected chi connectivity index (χ1v) is 6.80. The lowest BCUT2D eigenvalue weighted by Gasteiger charge is -2.12. The summed E-state index contributed by atoms with van der Waals surface area (Å²) in [6, 6.07) is 13.7. The third-order valence-corrected chi connectivity index (χ3v) is 3.67. The Bertz CT molecular complexity index is 779. The number of carbonyl (C=O) groups excluding carboxylic acids is 1. The first-order valence-electron chi connectivity index (χ1n) is 6.80. The number of nitrogens with zero attached hydrogens (tertiary/aromatic N) is 2. The van der Waals surface area contributed by atoms with Crippen LogP contribution in [0, 0.1) is 0 Å². The van der Waals surface area contributed by atoms with E-state index in [9.17, 15) is 4.79 Å². The third kappa shape index (κ3) is 2.52. The van der Waals surface area contributed by atoms with E-state index in [1.807, 2.05) is 43.3 Å². The number of fused-ring (bicyclic) bond motifs is 1. The summed E-state index contributed by atoms with van der Waals surface area (Å²) in [6.45, 7) is 1.90. The van der Waals surface area contributed by atoms with E-state index >= 15 is 0 Å². The van der Waals surface area contributed by atoms with Gasteiger partial charge in [0.25, 0.3) is 5.91 Å². The van der Waals surface area contributed by atoms with Gasteiger partial charge in [0.2, 0.25) is 0 Å². The van der Waals surface area contributed by atoms with Gasteiger partial charge in [-0.3, -0.25) is 4.79 Å². The van der Waals surface area contributed by atoms with Crippen LogP contribution in [-0.4, -0.2) is 22.8 Å². The fourth-order valence-corrected chi connectivity index (χ4v) is 2.38. The lowest BCUT2D eigenvalue weighted by Crippen LogP contribution is -2.18. The maximum atomic E-state index is 12.3. The number of methoxy groups -OCH3 is 1. The molecule has 0 fully saturated rings. The Kier molecular flexibility index (Phi) is 3.44. The molecule has 0 spiro atoms. The van der Waals surface area contributed by atoms with Crippen molar-refractivity contribution < 1.29 is 9.53 Å². The zero-order valence-corrected chi connectivity index (χ0v) is 12.0. The average Bonchev–Trinajstić information content (AvgIpc) is 3.06. The van der Waals surface area contributed by atoms with Crippen molar-refractivity contribution in [1.29, 1.82) is 0 Å². The van der Waals surface area contributed by atoms with Crippen LogP contribution < -0.4 is 4.74 Å². The molecule has 0 saturated carbocycles. The first kappa shape index (κ1) is 13.4. The molecule has 2 aromatic carbocycles. The van der Waals surface area contributed by atoms with Crippen molar-refractivity contribution in [3.63, 3.8) is 0 Å². The molecule has 0 aliphatic rings. The molecule has 4 nitrogen and oxygen atoms in total. The normalized spacial score (nSPS) is 12.3. The van der Waals surface area contributed by atoms with E-state index in [4.69, 9.17) is 4.74 Å². The quantitative estimate of drug-likeness (QED) is 0.737. The van der Waals surface area contributed by atoms with Gasteiger partial charge in [-0.2, -0.15) is 5.10 Å². The minimum Gasteiger partial charge on any atom is -0.497 e. The van der Waals surface area contributed by atoms with Gasteiger partial charge in [-0.15, -0.1) is 0 Å². The Balaban J connectivity index is 1.95. The highest BCUT2D eigenvalue weighted by Gasteiger charge is 2.17. The van der Waals surface area contributed by atoms with Crippen LogP contribution in [-0.2, 0) is 0 Å². The predicted octanol–water partition coefficient (Wildman–Crippen LogP) is 3.49. The molecule has 0 bridgehead atoms. The van der Waals surface area contributed by atoms with Crippen LogP contribution in [0.4, 0.5) is 0 Å². The Hall–Kier alpha value is -2.62. The average molecular weight is 280 g/mol. The Morgan fingerprint density at radius 1 is 1.19 bits per heavy atom. The summed E-state index contributed by atoms with van der Waals surface area (Å²) in [6.07, 6.45) is 3.28. The minimum absolute atomic E-state index is 0.0344. The summed E-state index contributed by atoms with van der Waals surface area (Å²) in [5, 5.41) is 6.18. The van der Waals surface area contributed by atoms with Gasteiger partial charge in [-0.05, 0) is 41.5 Å². The van der Waals surface area contributed by atoms with Gasteiger partial charge in [-0.1, -0.05) is 24.3 Å². The first-order chi connectivity index (χ1) is 10.2. The molecule has 0 aliphatic heterocycles. The fourth-order valence-electron chi connectivity index (χ4n) is 2.38. The third-order valence-electron chi connectivity index (χ3n) is 3.67. The van der Waals surface area contributed by atoms with Crippen molar-refractivity contribution in [2.75, 3.05) is 7.11 Å². The van der Waals surface area contributed by atoms with E-state index < -0.39 is 0 Å². The Labute approximate surface area is 123 Å². The van der Waals surface area contributed by atoms with Crippen molar-refractivity contribution in [1.82, 2.24) is 9.78 Å². The number of hydrogen-bond acceptors (Lipinski definition) is 3. The molecule has 106 valence electrons. The van der Waals surface area contributed by atoms with Crippen molar-refractivity contribution in [2.24, 2.45) is 0 Å². The van der Waals surface area contributed by atoms with Crippen LogP contribution in [0.15, 0.2) is 54.9 Å². The van der Waals surface area contributed by atoms with Crippen LogP contribution in [0.5, 0.6) is 5.75 Å². The van der Waals surface area contributed by atoms with Crippen LogP contribution in [0.2, 0.25) is 0 Å². The molecule has 0 amide bonds. The zero-order chi connectivity index (χ0) is 14.8. The summed E-state index contributed by atoms with van der Waals surface area (Å²) in [5.74, 6) is 0.556. The monoisotopic (exact) mass is 280 g/mol. The number of hydrogen-bond donors (Lipinski definition) is 0. The zero-order valence-electron chi connectivity index (χ0n) is 12.0. The van der Waals surface area contributed by atoms with Gasteiger partial charge < -0.3 is 4.74 Å². The van der Waals surface area contributed by atoms with Gasteiger partial charge in [-0.25, -0.2) is 4.68 Å². The van der Waals surface area contributed by atoms with Gasteiger partial charge in [0.1, 0.15) is 5.75 Å². The molecule has 21 heavy (non-hydrogen) atoms.